The van der Waals surface area contributed by atoms with Gasteiger partial charge in [-0.3, -0.25) is 0 Å². The van der Waals surface area contributed by atoms with Crippen molar-refractivity contribution in [3.05, 3.63) is 21.9 Å². The van der Waals surface area contributed by atoms with Crippen LogP contribution in [0.2, 0.25) is 0 Å². The van der Waals surface area contributed by atoms with E-state index in [4.69, 9.17) is 5.73 Å². The van der Waals surface area contributed by atoms with Gasteiger partial charge in [-0.15, -0.1) is 11.3 Å². The predicted molar refractivity (Wildman–Crippen MR) is 57.9 cm³/mol. The van der Waals surface area contributed by atoms with Crippen LogP contribution in [-0.4, -0.2) is 0 Å². The molecule has 0 aromatic carbocycles. The molecule has 1 heterocycles. The van der Waals surface area contributed by atoms with Crippen molar-refractivity contribution in [1.29, 1.82) is 0 Å². The Labute approximate surface area is 84.0 Å². The average molecular weight is 195 g/mol. The first-order valence-corrected chi connectivity index (χ1v) is 5.91. The molecular weight excluding hydrogens is 178 g/mol. The van der Waals surface area contributed by atoms with Gasteiger partial charge in [0, 0.05) is 15.8 Å². The average Bonchev–Trinajstić information content (AvgIpc) is 2.72. The molecule has 2 N–H and O–H groups in total. The molecule has 1 aliphatic rings. The van der Waals surface area contributed by atoms with E-state index in [1.165, 1.54) is 35.4 Å². The van der Waals surface area contributed by atoms with E-state index < -0.39 is 0 Å². The van der Waals surface area contributed by atoms with Gasteiger partial charge in [-0.05, 0) is 37.8 Å². The zero-order valence-corrected chi connectivity index (χ0v) is 8.94. The molecule has 2 heteroatoms. The van der Waals surface area contributed by atoms with Crippen LogP contribution in [0.15, 0.2) is 12.1 Å². The summed E-state index contributed by atoms with van der Waals surface area (Å²) in [5, 5.41) is 0. The van der Waals surface area contributed by atoms with Crippen LogP contribution in [0.5, 0.6) is 0 Å². The van der Waals surface area contributed by atoms with Crippen LogP contribution in [0.4, 0.5) is 0 Å². The lowest BCUT2D eigenvalue weighted by atomic mass is 9.98. The molecule has 2 rings (SSSR count). The summed E-state index contributed by atoms with van der Waals surface area (Å²) in [6.07, 6.45) is 5.42. The van der Waals surface area contributed by atoms with Crippen LogP contribution in [-0.2, 0) is 0 Å². The van der Waals surface area contributed by atoms with Gasteiger partial charge in [-0.2, -0.15) is 0 Å². The van der Waals surface area contributed by atoms with Crippen LogP contribution in [0, 0.1) is 12.8 Å². The molecule has 0 bridgehead atoms. The van der Waals surface area contributed by atoms with Crippen LogP contribution >= 0.6 is 11.3 Å². The molecule has 1 aromatic rings. The van der Waals surface area contributed by atoms with E-state index in [0.717, 1.165) is 5.92 Å². The fourth-order valence-electron chi connectivity index (χ4n) is 2.18. The van der Waals surface area contributed by atoms with E-state index >= 15 is 0 Å². The minimum absolute atomic E-state index is 0.307. The van der Waals surface area contributed by atoms with Gasteiger partial charge in [0.05, 0.1) is 0 Å². The Kier molecular flexibility index (Phi) is 2.70. The molecule has 0 amide bonds. The Morgan fingerprint density at radius 1 is 1.38 bits per heavy atom. The van der Waals surface area contributed by atoms with Crippen LogP contribution in [0.25, 0.3) is 0 Å². The molecule has 1 saturated carbocycles. The second-order valence-corrected chi connectivity index (χ2v) is 5.34. The molecule has 0 aliphatic heterocycles. The minimum atomic E-state index is 0.307. The Morgan fingerprint density at radius 2 is 2.08 bits per heavy atom. The van der Waals surface area contributed by atoms with Crippen LogP contribution < -0.4 is 5.73 Å². The van der Waals surface area contributed by atoms with E-state index in [0.29, 0.717) is 6.04 Å². The quantitative estimate of drug-likeness (QED) is 0.770. The zero-order chi connectivity index (χ0) is 9.26. The Bertz CT molecular complexity index is 273. The summed E-state index contributed by atoms with van der Waals surface area (Å²) in [5.74, 6) is 0.748. The molecule has 0 spiro atoms. The van der Waals surface area contributed by atoms with Gasteiger partial charge in [-0.1, -0.05) is 12.8 Å². The number of hydrogen-bond donors (Lipinski definition) is 1. The van der Waals surface area contributed by atoms with Gasteiger partial charge in [-0.25, -0.2) is 0 Å². The normalized spacial score (nSPS) is 20.8. The number of rotatable bonds is 2. The maximum Gasteiger partial charge on any atom is 0.0418 e. The first-order valence-electron chi connectivity index (χ1n) is 5.09. The third kappa shape index (κ3) is 1.94. The van der Waals surface area contributed by atoms with E-state index in [1.54, 1.807) is 0 Å². The van der Waals surface area contributed by atoms with Gasteiger partial charge in [0.2, 0.25) is 0 Å². The zero-order valence-electron chi connectivity index (χ0n) is 8.12. The van der Waals surface area contributed by atoms with Crippen molar-refractivity contribution in [2.75, 3.05) is 0 Å². The lowest BCUT2D eigenvalue weighted by Crippen LogP contribution is -2.17. The third-order valence-corrected chi connectivity index (χ3v) is 4.10. The molecule has 0 saturated heterocycles. The summed E-state index contributed by atoms with van der Waals surface area (Å²) in [7, 11) is 0. The molecule has 1 atom stereocenters. The second kappa shape index (κ2) is 3.81. The maximum absolute atomic E-state index is 6.22. The van der Waals surface area contributed by atoms with Crippen molar-refractivity contribution in [3.8, 4) is 0 Å². The second-order valence-electron chi connectivity index (χ2n) is 4.02. The summed E-state index contributed by atoms with van der Waals surface area (Å²) in [4.78, 5) is 2.76. The molecule has 1 nitrogen and oxygen atoms in total. The van der Waals surface area contributed by atoms with Gasteiger partial charge in [0.15, 0.2) is 0 Å². The van der Waals surface area contributed by atoms with E-state index in [2.05, 4.69) is 19.1 Å². The van der Waals surface area contributed by atoms with Gasteiger partial charge in [0.1, 0.15) is 0 Å². The fraction of sp³-hybridized carbons (Fsp3) is 0.636. The Morgan fingerprint density at radius 3 is 2.62 bits per heavy atom. The summed E-state index contributed by atoms with van der Waals surface area (Å²) in [6, 6.07) is 4.68. The first kappa shape index (κ1) is 9.22. The number of nitrogens with two attached hydrogens (primary N) is 1. The van der Waals surface area contributed by atoms with Crippen LogP contribution in [0.3, 0.4) is 0 Å². The first-order chi connectivity index (χ1) is 6.27. The SMILES string of the molecule is Cc1ccc([C@H](N)C2CCCC2)s1. The van der Waals surface area contributed by atoms with Crippen molar-refractivity contribution in [2.45, 2.75) is 38.6 Å². The summed E-state index contributed by atoms with van der Waals surface area (Å²) < 4.78 is 0. The highest BCUT2D eigenvalue weighted by molar-refractivity contribution is 7.12. The van der Waals surface area contributed by atoms with Gasteiger partial charge >= 0.3 is 0 Å². The van der Waals surface area contributed by atoms with E-state index in [-0.39, 0.29) is 0 Å². The molecule has 1 aromatic heterocycles. The Hall–Kier alpha value is -0.340. The number of hydrogen-bond acceptors (Lipinski definition) is 2. The smallest absolute Gasteiger partial charge is 0.0418 e. The third-order valence-electron chi connectivity index (χ3n) is 3.00. The molecule has 13 heavy (non-hydrogen) atoms. The van der Waals surface area contributed by atoms with Crippen molar-refractivity contribution in [3.63, 3.8) is 0 Å². The number of aryl methyl sites for hydroxylation is 1. The van der Waals surface area contributed by atoms with Crippen molar-refractivity contribution >= 4 is 11.3 Å². The fourth-order valence-corrected chi connectivity index (χ4v) is 3.15. The highest BCUT2D eigenvalue weighted by atomic mass is 32.1. The topological polar surface area (TPSA) is 26.0 Å². The molecular formula is C11H17NS. The standard InChI is InChI=1S/C11H17NS/c1-8-6-7-10(13-8)11(12)9-4-2-3-5-9/h6-7,9,11H,2-5,12H2,1H3/t11-/m1/s1. The Balaban J connectivity index is 2.07. The predicted octanol–water partition coefficient (Wildman–Crippen LogP) is 3.25. The molecule has 0 radical (unpaired) electrons. The minimum Gasteiger partial charge on any atom is -0.323 e. The maximum atomic E-state index is 6.22. The van der Waals surface area contributed by atoms with Gasteiger partial charge in [0.25, 0.3) is 0 Å². The van der Waals surface area contributed by atoms with E-state index in [1.807, 2.05) is 11.3 Å². The lowest BCUT2D eigenvalue weighted by Gasteiger charge is -2.16. The molecule has 72 valence electrons. The van der Waals surface area contributed by atoms with Crippen molar-refractivity contribution < 1.29 is 0 Å². The van der Waals surface area contributed by atoms with Gasteiger partial charge < -0.3 is 5.73 Å². The molecule has 1 aliphatic carbocycles. The summed E-state index contributed by atoms with van der Waals surface area (Å²) in [5.41, 5.74) is 6.22. The number of thiophene rings is 1. The monoisotopic (exact) mass is 195 g/mol. The molecule has 1 fully saturated rings. The van der Waals surface area contributed by atoms with Crippen molar-refractivity contribution in [1.82, 2.24) is 0 Å². The van der Waals surface area contributed by atoms with E-state index in [9.17, 15) is 0 Å². The van der Waals surface area contributed by atoms with Crippen molar-refractivity contribution in [2.24, 2.45) is 11.7 Å². The highest BCUT2D eigenvalue weighted by Gasteiger charge is 2.23. The summed E-state index contributed by atoms with van der Waals surface area (Å²) >= 11 is 1.86. The highest BCUT2D eigenvalue weighted by Crippen LogP contribution is 2.36. The summed E-state index contributed by atoms with van der Waals surface area (Å²) in [6.45, 7) is 2.15. The molecule has 0 unspecified atom stereocenters. The largest absolute Gasteiger partial charge is 0.323 e. The van der Waals surface area contributed by atoms with Crippen LogP contribution in [0.1, 0.15) is 41.5 Å². The lowest BCUT2D eigenvalue weighted by molar-refractivity contribution is 0.450.